The molecule has 1 aliphatic rings. The molecule has 11 heteroatoms. The molecule has 0 amide bonds. The van der Waals surface area contributed by atoms with Gasteiger partial charge in [0, 0.05) is 30.9 Å². The molecule has 0 unspecified atom stereocenters. The number of hydrogen-bond acceptors (Lipinski definition) is 2. The first kappa shape index (κ1) is 25.1. The fourth-order valence-electron chi connectivity index (χ4n) is 3.74. The molecule has 1 aliphatic carbocycles. The first-order chi connectivity index (χ1) is 13.9. The highest BCUT2D eigenvalue weighted by atomic mass is 79.9. The number of fused-ring (bicyclic) bond motifs is 2. The van der Waals surface area contributed by atoms with Crippen molar-refractivity contribution in [3.8, 4) is 0 Å². The van der Waals surface area contributed by atoms with Gasteiger partial charge >= 0.3 is 12.4 Å². The number of benzene rings is 1. The summed E-state index contributed by atoms with van der Waals surface area (Å²) >= 11 is 0. The standard InChI is InChI=1S/C20H19F6N2O2.BrH/c1-12-27(10-4-8-19(21,22)23)15-16(28(12)11-5-9-20(24,25)26)18(30)14-7-3-2-6-13(14)17(15)29;/h2-3,6-7H,4-5,8-11H2,1H3;1H/q+1;/p-1. The van der Waals surface area contributed by atoms with Crippen molar-refractivity contribution in [1.29, 1.82) is 0 Å². The number of ketones is 2. The molecule has 3 rings (SSSR count). The zero-order valence-corrected chi connectivity index (χ0v) is 18.0. The van der Waals surface area contributed by atoms with Gasteiger partial charge in [-0.05, 0) is 12.8 Å². The maximum Gasteiger partial charge on any atom is 0.389 e. The van der Waals surface area contributed by atoms with Crippen LogP contribution in [0.2, 0.25) is 0 Å². The van der Waals surface area contributed by atoms with E-state index in [0.717, 1.165) is 0 Å². The molecule has 4 nitrogen and oxygen atoms in total. The van der Waals surface area contributed by atoms with Crippen LogP contribution >= 0.6 is 0 Å². The predicted octanol–water partition coefficient (Wildman–Crippen LogP) is 1.55. The highest BCUT2D eigenvalue weighted by molar-refractivity contribution is 6.26. The van der Waals surface area contributed by atoms with Crippen LogP contribution in [0.25, 0.3) is 0 Å². The van der Waals surface area contributed by atoms with Gasteiger partial charge < -0.3 is 17.0 Å². The van der Waals surface area contributed by atoms with Crippen LogP contribution in [0.15, 0.2) is 24.3 Å². The Hall–Kier alpha value is -2.17. The minimum atomic E-state index is -4.38. The number of imidazole rings is 1. The quantitative estimate of drug-likeness (QED) is 0.371. The van der Waals surface area contributed by atoms with Gasteiger partial charge in [0.1, 0.15) is 0 Å². The van der Waals surface area contributed by atoms with E-state index in [1.807, 2.05) is 0 Å². The van der Waals surface area contributed by atoms with Crippen molar-refractivity contribution < 1.29 is 57.5 Å². The Morgan fingerprint density at radius 3 is 1.94 bits per heavy atom. The molecule has 1 aromatic heterocycles. The Kier molecular flexibility index (Phi) is 7.39. The number of alkyl halides is 6. The van der Waals surface area contributed by atoms with Gasteiger partial charge in [0.25, 0.3) is 5.82 Å². The lowest BCUT2D eigenvalue weighted by atomic mass is 9.90. The molecule has 0 N–H and O–H groups in total. The summed E-state index contributed by atoms with van der Waals surface area (Å²) in [6.07, 6.45) is -11.6. The van der Waals surface area contributed by atoms with Crippen LogP contribution in [-0.4, -0.2) is 28.5 Å². The lowest BCUT2D eigenvalue weighted by molar-refractivity contribution is -0.704. The second-order valence-corrected chi connectivity index (χ2v) is 7.19. The van der Waals surface area contributed by atoms with E-state index in [0.29, 0.717) is 0 Å². The fourth-order valence-corrected chi connectivity index (χ4v) is 3.74. The van der Waals surface area contributed by atoms with Crippen molar-refractivity contribution >= 4 is 11.6 Å². The van der Waals surface area contributed by atoms with Crippen molar-refractivity contribution in [3.63, 3.8) is 0 Å². The minimum Gasteiger partial charge on any atom is -1.00 e. The number of carbonyl (C=O) groups excluding carboxylic acids is 2. The van der Waals surface area contributed by atoms with Gasteiger partial charge in [-0.25, -0.2) is 9.13 Å². The van der Waals surface area contributed by atoms with E-state index in [1.165, 1.54) is 28.2 Å². The molecule has 0 saturated heterocycles. The van der Waals surface area contributed by atoms with Crippen LogP contribution < -0.4 is 21.5 Å². The number of carbonyl (C=O) groups is 2. The Balaban J connectivity index is 0.00000341. The van der Waals surface area contributed by atoms with E-state index in [2.05, 4.69) is 0 Å². The van der Waals surface area contributed by atoms with E-state index in [9.17, 15) is 35.9 Å². The second-order valence-electron chi connectivity index (χ2n) is 7.19. The maximum absolute atomic E-state index is 13.0. The molecule has 0 spiro atoms. The highest BCUT2D eigenvalue weighted by Gasteiger charge is 2.43. The zero-order valence-electron chi connectivity index (χ0n) is 16.4. The third kappa shape index (κ3) is 5.36. The minimum absolute atomic E-state index is 0. The molecule has 31 heavy (non-hydrogen) atoms. The Morgan fingerprint density at radius 2 is 1.39 bits per heavy atom. The molecule has 0 bridgehead atoms. The molecular weight excluding hydrogens is 494 g/mol. The average Bonchev–Trinajstić information content (AvgIpc) is 2.91. The summed E-state index contributed by atoms with van der Waals surface area (Å²) in [6.45, 7) is 1.13. The second kappa shape index (κ2) is 9.13. The summed E-state index contributed by atoms with van der Waals surface area (Å²) in [5.41, 5.74) is 0.134. The van der Waals surface area contributed by atoms with E-state index in [-0.39, 0.29) is 71.3 Å². The largest absolute Gasteiger partial charge is 1.00 e. The van der Waals surface area contributed by atoms with Crippen LogP contribution in [-0.2, 0) is 13.1 Å². The Labute approximate surface area is 184 Å². The molecule has 0 atom stereocenters. The summed E-state index contributed by atoms with van der Waals surface area (Å²) in [5, 5.41) is 0. The van der Waals surface area contributed by atoms with Gasteiger partial charge in [-0.15, -0.1) is 0 Å². The fraction of sp³-hybridized carbons (Fsp3) is 0.450. The number of halogens is 7. The van der Waals surface area contributed by atoms with E-state index >= 15 is 0 Å². The summed E-state index contributed by atoms with van der Waals surface area (Å²) < 4.78 is 78.1. The van der Waals surface area contributed by atoms with Gasteiger partial charge in [0.2, 0.25) is 23.0 Å². The number of nitrogens with zero attached hydrogens (tertiary/aromatic N) is 2. The summed E-state index contributed by atoms with van der Waals surface area (Å²) in [5.74, 6) is -0.770. The SMILES string of the molecule is Cc1n(CCCC(F)(F)F)c2c([n+]1CCCC(F)(F)F)C(=O)c1ccccc1C2=O.[Br-]. The normalized spacial score (nSPS) is 13.6. The van der Waals surface area contributed by atoms with Crippen LogP contribution in [0.1, 0.15) is 63.6 Å². The lowest BCUT2D eigenvalue weighted by Gasteiger charge is -2.13. The molecule has 1 heterocycles. The van der Waals surface area contributed by atoms with Crippen molar-refractivity contribution in [2.45, 2.75) is 58.0 Å². The average molecular weight is 513 g/mol. The van der Waals surface area contributed by atoms with Gasteiger partial charge in [-0.2, -0.15) is 26.3 Å². The molecule has 2 aromatic rings. The summed E-state index contributed by atoms with van der Waals surface area (Å²) in [6, 6.07) is 6.04. The molecule has 0 fully saturated rings. The van der Waals surface area contributed by atoms with Crippen LogP contribution in [0, 0.1) is 6.92 Å². The van der Waals surface area contributed by atoms with E-state index in [4.69, 9.17) is 0 Å². The molecule has 170 valence electrons. The number of hydrogen-bond donors (Lipinski definition) is 0. The third-order valence-corrected chi connectivity index (χ3v) is 5.08. The third-order valence-electron chi connectivity index (χ3n) is 5.08. The summed E-state index contributed by atoms with van der Waals surface area (Å²) in [4.78, 5) is 26.1. The molecule has 0 aliphatic heterocycles. The van der Waals surface area contributed by atoms with Gasteiger partial charge in [-0.1, -0.05) is 24.3 Å². The first-order valence-corrected chi connectivity index (χ1v) is 9.35. The first-order valence-electron chi connectivity index (χ1n) is 9.35. The maximum atomic E-state index is 13.0. The predicted molar refractivity (Wildman–Crippen MR) is 93.2 cm³/mol. The summed E-state index contributed by atoms with van der Waals surface area (Å²) in [7, 11) is 0. The van der Waals surface area contributed by atoms with Gasteiger partial charge in [-0.3, -0.25) is 9.59 Å². The Bertz CT molecular complexity index is 918. The van der Waals surface area contributed by atoms with Gasteiger partial charge in [0.05, 0.1) is 13.1 Å². The van der Waals surface area contributed by atoms with Crippen molar-refractivity contribution in [2.24, 2.45) is 0 Å². The van der Waals surface area contributed by atoms with Crippen molar-refractivity contribution in [3.05, 3.63) is 52.6 Å². The van der Waals surface area contributed by atoms with Crippen LogP contribution in [0.3, 0.4) is 0 Å². The number of aromatic nitrogens is 2. The van der Waals surface area contributed by atoms with Crippen molar-refractivity contribution in [2.75, 3.05) is 0 Å². The highest BCUT2D eigenvalue weighted by Crippen LogP contribution is 2.29. The van der Waals surface area contributed by atoms with Crippen molar-refractivity contribution in [1.82, 2.24) is 4.57 Å². The number of rotatable bonds is 6. The topological polar surface area (TPSA) is 43.0 Å². The lowest BCUT2D eigenvalue weighted by Crippen LogP contribution is -3.00. The Morgan fingerprint density at radius 1 is 0.871 bits per heavy atom. The van der Waals surface area contributed by atoms with E-state index in [1.54, 1.807) is 12.1 Å². The monoisotopic (exact) mass is 512 g/mol. The molecule has 0 radical (unpaired) electrons. The van der Waals surface area contributed by atoms with Crippen LogP contribution in [0.5, 0.6) is 0 Å². The zero-order chi connectivity index (χ0) is 22.3. The van der Waals surface area contributed by atoms with E-state index < -0.39 is 36.8 Å². The smallest absolute Gasteiger partial charge is 0.389 e. The van der Waals surface area contributed by atoms with Crippen LogP contribution in [0.4, 0.5) is 26.3 Å². The molecular formula is C20H19BrF6N2O2. The van der Waals surface area contributed by atoms with Gasteiger partial charge in [0.15, 0.2) is 0 Å². The molecule has 1 aromatic carbocycles. The molecule has 0 saturated carbocycles.